The van der Waals surface area contributed by atoms with Crippen molar-refractivity contribution in [1.82, 2.24) is 5.32 Å². The van der Waals surface area contributed by atoms with Gasteiger partial charge in [-0.25, -0.2) is 9.59 Å². The van der Waals surface area contributed by atoms with Gasteiger partial charge in [0.2, 0.25) is 5.54 Å². The van der Waals surface area contributed by atoms with Gasteiger partial charge in [-0.3, -0.25) is 4.79 Å². The molecule has 0 fully saturated rings. The summed E-state index contributed by atoms with van der Waals surface area (Å²) >= 11 is 0. The second-order valence-corrected chi connectivity index (χ2v) is 6.09. The van der Waals surface area contributed by atoms with Gasteiger partial charge in [0.05, 0.1) is 12.7 Å². The molecule has 1 atom stereocenters. The Balaban J connectivity index is 2.80. The first kappa shape index (κ1) is 18.4. The standard InChI is InChI=1S/C19H21NO5/c1-10-6-8-14(9-7-10)16-12(3)20-19(13(4)21,18(24)25-5)11(2)15(16)17(22)23/h6-9,20H,1-5H3,(H,22,23)/t19-/m1/s1. The molecule has 0 saturated carbocycles. The van der Waals surface area contributed by atoms with E-state index in [1.807, 2.05) is 31.2 Å². The second kappa shape index (κ2) is 6.55. The van der Waals surface area contributed by atoms with Crippen molar-refractivity contribution in [2.45, 2.75) is 33.2 Å². The van der Waals surface area contributed by atoms with Gasteiger partial charge in [0.15, 0.2) is 5.78 Å². The van der Waals surface area contributed by atoms with Crippen molar-refractivity contribution < 1.29 is 24.2 Å². The van der Waals surface area contributed by atoms with Crippen LogP contribution in [0.15, 0.2) is 41.1 Å². The zero-order valence-electron chi connectivity index (χ0n) is 14.9. The molecule has 0 radical (unpaired) electrons. The zero-order chi connectivity index (χ0) is 18.9. The molecule has 1 heterocycles. The van der Waals surface area contributed by atoms with Crippen LogP contribution in [0.2, 0.25) is 0 Å². The molecule has 0 amide bonds. The van der Waals surface area contributed by atoms with Crippen LogP contribution in [0.25, 0.3) is 5.57 Å². The largest absolute Gasteiger partial charge is 0.478 e. The highest BCUT2D eigenvalue weighted by molar-refractivity contribution is 6.17. The van der Waals surface area contributed by atoms with Crippen LogP contribution in [-0.2, 0) is 19.1 Å². The van der Waals surface area contributed by atoms with Gasteiger partial charge >= 0.3 is 11.9 Å². The molecule has 1 aliphatic rings. The molecule has 1 aliphatic heterocycles. The van der Waals surface area contributed by atoms with E-state index < -0.39 is 23.3 Å². The van der Waals surface area contributed by atoms with Crippen molar-refractivity contribution in [2.75, 3.05) is 7.11 Å². The lowest BCUT2D eigenvalue weighted by Gasteiger charge is -2.37. The molecule has 25 heavy (non-hydrogen) atoms. The van der Waals surface area contributed by atoms with Crippen molar-refractivity contribution >= 4 is 23.3 Å². The third kappa shape index (κ3) is 2.84. The molecule has 6 nitrogen and oxygen atoms in total. The topological polar surface area (TPSA) is 92.7 Å². The SMILES string of the molecule is COC(=O)[C@@]1(C(C)=O)NC(C)=C(c2ccc(C)cc2)C(C(=O)O)=C1C. The number of carbonyl (C=O) groups is 3. The van der Waals surface area contributed by atoms with E-state index in [0.717, 1.165) is 12.7 Å². The van der Waals surface area contributed by atoms with Crippen LogP contribution in [0.5, 0.6) is 0 Å². The Hall–Kier alpha value is -2.89. The van der Waals surface area contributed by atoms with Crippen molar-refractivity contribution in [2.24, 2.45) is 0 Å². The van der Waals surface area contributed by atoms with E-state index in [1.54, 1.807) is 6.92 Å². The summed E-state index contributed by atoms with van der Waals surface area (Å²) in [6, 6.07) is 7.37. The monoisotopic (exact) mass is 343 g/mol. The Morgan fingerprint density at radius 3 is 2.08 bits per heavy atom. The molecule has 2 N–H and O–H groups in total. The molecule has 2 rings (SSSR count). The highest BCUT2D eigenvalue weighted by Gasteiger charge is 2.51. The highest BCUT2D eigenvalue weighted by atomic mass is 16.5. The minimum Gasteiger partial charge on any atom is -0.478 e. The first-order valence-corrected chi connectivity index (χ1v) is 7.77. The molecular weight excluding hydrogens is 322 g/mol. The summed E-state index contributed by atoms with van der Waals surface area (Å²) in [7, 11) is 1.16. The third-order valence-corrected chi connectivity index (χ3v) is 4.51. The number of nitrogens with one attached hydrogen (secondary N) is 1. The van der Waals surface area contributed by atoms with E-state index in [0.29, 0.717) is 16.8 Å². The van der Waals surface area contributed by atoms with E-state index >= 15 is 0 Å². The van der Waals surface area contributed by atoms with Crippen LogP contribution in [0.3, 0.4) is 0 Å². The molecule has 0 aliphatic carbocycles. The maximum absolute atomic E-state index is 12.4. The van der Waals surface area contributed by atoms with Crippen LogP contribution < -0.4 is 5.32 Å². The normalized spacial score (nSPS) is 20.2. The number of methoxy groups -OCH3 is 1. The number of Topliss-reactive ketones (excluding diaryl/α,β-unsaturated/α-hetero) is 1. The number of carboxylic acids is 1. The molecule has 0 spiro atoms. The van der Waals surface area contributed by atoms with Crippen LogP contribution >= 0.6 is 0 Å². The van der Waals surface area contributed by atoms with Crippen molar-refractivity contribution in [3.63, 3.8) is 0 Å². The smallest absolute Gasteiger partial charge is 0.343 e. The first-order valence-electron chi connectivity index (χ1n) is 7.77. The van der Waals surface area contributed by atoms with Gasteiger partial charge in [-0.2, -0.15) is 0 Å². The summed E-state index contributed by atoms with van der Waals surface area (Å²) in [5, 5.41) is 12.7. The van der Waals surface area contributed by atoms with E-state index in [1.165, 1.54) is 13.8 Å². The van der Waals surface area contributed by atoms with Gasteiger partial charge in [-0.05, 0) is 38.8 Å². The van der Waals surface area contributed by atoms with Crippen LogP contribution in [0, 0.1) is 6.92 Å². The summed E-state index contributed by atoms with van der Waals surface area (Å²) in [5.74, 6) is -2.57. The number of aryl methyl sites for hydroxylation is 1. The Labute approximate surface area is 146 Å². The summed E-state index contributed by atoms with van der Waals surface area (Å²) < 4.78 is 4.79. The minimum absolute atomic E-state index is 0.0688. The van der Waals surface area contributed by atoms with E-state index in [9.17, 15) is 19.5 Å². The number of esters is 1. The molecule has 6 heteroatoms. The fraction of sp³-hybridized carbons (Fsp3) is 0.316. The number of carboxylic acid groups (broad SMARTS) is 1. The van der Waals surface area contributed by atoms with Gasteiger partial charge in [-0.1, -0.05) is 29.8 Å². The number of rotatable bonds is 4. The molecule has 0 unspecified atom stereocenters. The number of benzene rings is 1. The first-order chi connectivity index (χ1) is 11.7. The van der Waals surface area contributed by atoms with E-state index in [2.05, 4.69) is 5.32 Å². The predicted octanol–water partition coefficient (Wildman–Crippen LogP) is 2.23. The predicted molar refractivity (Wildman–Crippen MR) is 92.7 cm³/mol. The molecule has 1 aromatic carbocycles. The summed E-state index contributed by atoms with van der Waals surface area (Å²) in [4.78, 5) is 36.7. The van der Waals surface area contributed by atoms with E-state index in [4.69, 9.17) is 4.74 Å². The molecular formula is C19H21NO5. The van der Waals surface area contributed by atoms with Gasteiger partial charge < -0.3 is 15.2 Å². The Kier molecular flexibility index (Phi) is 4.83. The molecule has 0 aromatic heterocycles. The fourth-order valence-electron chi connectivity index (χ4n) is 3.20. The highest BCUT2D eigenvalue weighted by Crippen LogP contribution is 2.38. The number of carbonyl (C=O) groups excluding carboxylic acids is 2. The Morgan fingerprint density at radius 2 is 1.64 bits per heavy atom. The summed E-state index contributed by atoms with van der Waals surface area (Å²) in [5.41, 5.74) is 0.811. The third-order valence-electron chi connectivity index (χ3n) is 4.51. The van der Waals surface area contributed by atoms with Gasteiger partial charge in [0.25, 0.3) is 0 Å². The molecule has 132 valence electrons. The van der Waals surface area contributed by atoms with Crippen LogP contribution in [0.4, 0.5) is 0 Å². The second-order valence-electron chi connectivity index (χ2n) is 6.09. The number of hydrogen-bond acceptors (Lipinski definition) is 5. The summed E-state index contributed by atoms with van der Waals surface area (Å²) in [6.45, 7) is 6.28. The van der Waals surface area contributed by atoms with Crippen LogP contribution in [-0.4, -0.2) is 35.5 Å². The Morgan fingerprint density at radius 1 is 1.08 bits per heavy atom. The number of allylic oxidation sites excluding steroid dienone is 1. The fourth-order valence-corrected chi connectivity index (χ4v) is 3.20. The number of dihydropyridines is 1. The van der Waals surface area contributed by atoms with E-state index in [-0.39, 0.29) is 11.1 Å². The quantitative estimate of drug-likeness (QED) is 0.643. The van der Waals surface area contributed by atoms with Gasteiger partial charge in [0, 0.05) is 11.3 Å². The average molecular weight is 343 g/mol. The van der Waals surface area contributed by atoms with Crippen molar-refractivity contribution in [3.8, 4) is 0 Å². The lowest BCUT2D eigenvalue weighted by atomic mass is 9.76. The van der Waals surface area contributed by atoms with Crippen molar-refractivity contribution in [1.29, 1.82) is 0 Å². The lowest BCUT2D eigenvalue weighted by Crippen LogP contribution is -2.60. The number of hydrogen-bond donors (Lipinski definition) is 2. The minimum atomic E-state index is -1.83. The maximum Gasteiger partial charge on any atom is 0.343 e. The van der Waals surface area contributed by atoms with Crippen molar-refractivity contribution in [3.05, 3.63) is 52.2 Å². The van der Waals surface area contributed by atoms with Gasteiger partial charge in [0.1, 0.15) is 0 Å². The number of aliphatic carboxylic acids is 1. The number of ketones is 1. The summed E-state index contributed by atoms with van der Waals surface area (Å²) in [6.07, 6.45) is 0. The van der Waals surface area contributed by atoms with Gasteiger partial charge in [-0.15, -0.1) is 0 Å². The maximum atomic E-state index is 12.4. The average Bonchev–Trinajstić information content (AvgIpc) is 2.55. The lowest BCUT2D eigenvalue weighted by molar-refractivity contribution is -0.150. The molecule has 1 aromatic rings. The number of ether oxygens (including phenoxy) is 1. The van der Waals surface area contributed by atoms with Crippen LogP contribution in [0.1, 0.15) is 31.9 Å². The zero-order valence-corrected chi connectivity index (χ0v) is 14.9. The Bertz CT molecular complexity index is 817. The molecule has 0 saturated heterocycles. The molecule has 0 bridgehead atoms.